The molecule has 1 aromatic carbocycles. The van der Waals surface area contributed by atoms with E-state index in [0.29, 0.717) is 19.5 Å². The molecule has 0 saturated carbocycles. The summed E-state index contributed by atoms with van der Waals surface area (Å²) in [4.78, 5) is 14.3. The number of halogens is 1. The molecule has 2 rings (SSSR count). The highest BCUT2D eigenvalue weighted by atomic mass is 79.9. The van der Waals surface area contributed by atoms with E-state index in [1.54, 1.807) is 17.0 Å². The molecule has 1 atom stereocenters. The van der Waals surface area contributed by atoms with Crippen LogP contribution in [-0.2, 0) is 14.6 Å². The van der Waals surface area contributed by atoms with Gasteiger partial charge in [0.1, 0.15) is 4.75 Å². The zero-order valence-corrected chi connectivity index (χ0v) is 14.4. The van der Waals surface area contributed by atoms with Crippen LogP contribution in [0.5, 0.6) is 0 Å². The Balaban J connectivity index is 2.33. The zero-order valence-electron chi connectivity index (χ0n) is 12.0. The molecular weight excluding hydrogens is 356 g/mol. The predicted molar refractivity (Wildman–Crippen MR) is 84.6 cm³/mol. The summed E-state index contributed by atoms with van der Waals surface area (Å²) in [5.74, 6) is -0.390. The molecule has 2 N–H and O–H groups in total. The first-order valence-corrected chi connectivity index (χ1v) is 8.99. The van der Waals surface area contributed by atoms with Crippen molar-refractivity contribution in [2.45, 2.75) is 36.0 Å². The Kier molecular flexibility index (Phi) is 4.46. The SMILES string of the molecule is CC(C)(C(=O)N1CC[C@@H](N)C1)S(=O)(=O)c1ccc(Br)cc1. The van der Waals surface area contributed by atoms with Gasteiger partial charge in [-0.25, -0.2) is 8.42 Å². The molecule has 0 spiro atoms. The van der Waals surface area contributed by atoms with E-state index in [1.165, 1.54) is 26.0 Å². The fourth-order valence-corrected chi connectivity index (χ4v) is 4.08. The van der Waals surface area contributed by atoms with Crippen LogP contribution < -0.4 is 5.73 Å². The summed E-state index contributed by atoms with van der Waals surface area (Å²) in [6.07, 6.45) is 0.708. The molecule has 0 unspecified atom stereocenters. The zero-order chi connectivity index (χ0) is 15.8. The van der Waals surface area contributed by atoms with Crippen LogP contribution in [0.4, 0.5) is 0 Å². The van der Waals surface area contributed by atoms with E-state index in [1.807, 2.05) is 0 Å². The van der Waals surface area contributed by atoms with E-state index in [4.69, 9.17) is 5.73 Å². The molecule has 1 fully saturated rings. The van der Waals surface area contributed by atoms with Gasteiger partial charge in [0.2, 0.25) is 5.91 Å². The van der Waals surface area contributed by atoms with Crippen molar-refractivity contribution in [1.29, 1.82) is 0 Å². The minimum atomic E-state index is -3.76. The number of likely N-dealkylation sites (tertiary alicyclic amines) is 1. The molecule has 0 bridgehead atoms. The van der Waals surface area contributed by atoms with Crippen LogP contribution in [0.1, 0.15) is 20.3 Å². The van der Waals surface area contributed by atoms with E-state index in [9.17, 15) is 13.2 Å². The second kappa shape index (κ2) is 5.70. The fraction of sp³-hybridized carbons (Fsp3) is 0.500. The van der Waals surface area contributed by atoms with E-state index in [-0.39, 0.29) is 10.9 Å². The Morgan fingerprint density at radius 1 is 1.33 bits per heavy atom. The van der Waals surface area contributed by atoms with E-state index < -0.39 is 20.5 Å². The van der Waals surface area contributed by atoms with Crippen LogP contribution in [-0.4, -0.2) is 43.1 Å². The van der Waals surface area contributed by atoms with Gasteiger partial charge in [-0.2, -0.15) is 0 Å². The number of benzene rings is 1. The first kappa shape index (κ1) is 16.5. The van der Waals surface area contributed by atoms with Crippen molar-refractivity contribution >= 4 is 31.7 Å². The van der Waals surface area contributed by atoms with Gasteiger partial charge in [0.15, 0.2) is 9.84 Å². The van der Waals surface area contributed by atoms with Gasteiger partial charge in [0.05, 0.1) is 4.90 Å². The van der Waals surface area contributed by atoms with Gasteiger partial charge in [0, 0.05) is 23.6 Å². The Labute approximate surface area is 133 Å². The lowest BCUT2D eigenvalue weighted by Gasteiger charge is -2.29. The molecule has 1 heterocycles. The number of hydrogen-bond donors (Lipinski definition) is 1. The first-order chi connectivity index (χ1) is 9.66. The molecule has 5 nitrogen and oxygen atoms in total. The standard InChI is InChI=1S/C14H19BrN2O3S/c1-14(2,13(18)17-8-7-11(16)9-17)21(19,20)12-5-3-10(15)4-6-12/h3-6,11H,7-9,16H2,1-2H3/t11-/m1/s1. The molecule has 1 amide bonds. The summed E-state index contributed by atoms with van der Waals surface area (Å²) in [5.41, 5.74) is 5.79. The van der Waals surface area contributed by atoms with Crippen molar-refractivity contribution in [2.75, 3.05) is 13.1 Å². The monoisotopic (exact) mass is 374 g/mol. The number of nitrogens with zero attached hydrogens (tertiary/aromatic N) is 1. The summed E-state index contributed by atoms with van der Waals surface area (Å²) in [6, 6.07) is 6.24. The summed E-state index contributed by atoms with van der Waals surface area (Å²) in [6.45, 7) is 3.84. The number of sulfone groups is 1. The van der Waals surface area contributed by atoms with Gasteiger partial charge < -0.3 is 10.6 Å². The summed E-state index contributed by atoms with van der Waals surface area (Å²) < 4.78 is 24.8. The number of amides is 1. The molecule has 0 aromatic heterocycles. The Hall–Kier alpha value is -0.920. The average Bonchev–Trinajstić information content (AvgIpc) is 2.84. The molecule has 21 heavy (non-hydrogen) atoms. The number of carbonyl (C=O) groups is 1. The van der Waals surface area contributed by atoms with Gasteiger partial charge in [-0.15, -0.1) is 0 Å². The number of hydrogen-bond acceptors (Lipinski definition) is 4. The van der Waals surface area contributed by atoms with Crippen molar-refractivity contribution < 1.29 is 13.2 Å². The molecule has 1 saturated heterocycles. The van der Waals surface area contributed by atoms with E-state index >= 15 is 0 Å². The van der Waals surface area contributed by atoms with Crippen molar-refractivity contribution in [1.82, 2.24) is 4.90 Å². The van der Waals surface area contributed by atoms with Crippen LogP contribution >= 0.6 is 15.9 Å². The highest BCUT2D eigenvalue weighted by molar-refractivity contribution is 9.10. The van der Waals surface area contributed by atoms with Gasteiger partial charge in [-0.1, -0.05) is 15.9 Å². The number of rotatable bonds is 3. The quantitative estimate of drug-likeness (QED) is 0.870. The minimum Gasteiger partial charge on any atom is -0.340 e. The largest absolute Gasteiger partial charge is 0.340 e. The highest BCUT2D eigenvalue weighted by Crippen LogP contribution is 2.29. The molecule has 1 aromatic rings. The van der Waals surface area contributed by atoms with E-state index in [0.717, 1.165) is 4.47 Å². The maximum atomic E-state index is 12.8. The van der Waals surface area contributed by atoms with Crippen LogP contribution in [0.15, 0.2) is 33.6 Å². The Morgan fingerprint density at radius 2 is 1.90 bits per heavy atom. The maximum absolute atomic E-state index is 12.8. The normalized spacial score (nSPS) is 19.8. The molecule has 116 valence electrons. The minimum absolute atomic E-state index is 0.0693. The Bertz CT molecular complexity index is 641. The molecule has 0 aliphatic carbocycles. The summed E-state index contributed by atoms with van der Waals surface area (Å²) in [7, 11) is -3.76. The van der Waals surface area contributed by atoms with Crippen molar-refractivity contribution in [3.8, 4) is 0 Å². The van der Waals surface area contributed by atoms with Crippen LogP contribution in [0.2, 0.25) is 0 Å². The predicted octanol–water partition coefficient (Wildman–Crippen LogP) is 1.56. The van der Waals surface area contributed by atoms with Gasteiger partial charge in [-0.05, 0) is 44.5 Å². The third-order valence-corrected chi connectivity index (χ3v) is 6.76. The third kappa shape index (κ3) is 3.00. The van der Waals surface area contributed by atoms with Gasteiger partial charge in [0.25, 0.3) is 0 Å². The van der Waals surface area contributed by atoms with Crippen LogP contribution in [0.3, 0.4) is 0 Å². The highest BCUT2D eigenvalue weighted by Gasteiger charge is 2.46. The van der Waals surface area contributed by atoms with Crippen molar-refractivity contribution in [3.63, 3.8) is 0 Å². The Morgan fingerprint density at radius 3 is 2.38 bits per heavy atom. The fourth-order valence-electron chi connectivity index (χ4n) is 2.38. The lowest BCUT2D eigenvalue weighted by atomic mass is 10.2. The van der Waals surface area contributed by atoms with E-state index in [2.05, 4.69) is 15.9 Å². The summed E-state index contributed by atoms with van der Waals surface area (Å²) >= 11 is 3.27. The smallest absolute Gasteiger partial charge is 0.243 e. The second-order valence-electron chi connectivity index (χ2n) is 5.77. The molecule has 0 radical (unpaired) electrons. The van der Waals surface area contributed by atoms with Crippen LogP contribution in [0.25, 0.3) is 0 Å². The summed E-state index contributed by atoms with van der Waals surface area (Å²) in [5, 5.41) is 0. The lowest BCUT2D eigenvalue weighted by molar-refractivity contribution is -0.132. The molecular formula is C14H19BrN2O3S. The van der Waals surface area contributed by atoms with Gasteiger partial charge in [-0.3, -0.25) is 4.79 Å². The van der Waals surface area contributed by atoms with Gasteiger partial charge >= 0.3 is 0 Å². The van der Waals surface area contributed by atoms with Crippen molar-refractivity contribution in [2.24, 2.45) is 5.73 Å². The van der Waals surface area contributed by atoms with Crippen LogP contribution in [0, 0.1) is 0 Å². The number of carbonyl (C=O) groups excluding carboxylic acids is 1. The average molecular weight is 375 g/mol. The van der Waals surface area contributed by atoms with Crippen molar-refractivity contribution in [3.05, 3.63) is 28.7 Å². The third-order valence-electron chi connectivity index (χ3n) is 3.82. The maximum Gasteiger partial charge on any atom is 0.243 e. The molecule has 7 heteroatoms. The first-order valence-electron chi connectivity index (χ1n) is 6.71. The topological polar surface area (TPSA) is 80.5 Å². The molecule has 1 aliphatic rings. The number of nitrogens with two attached hydrogens (primary N) is 1. The molecule has 1 aliphatic heterocycles. The lowest BCUT2D eigenvalue weighted by Crippen LogP contribution is -2.49. The second-order valence-corrected chi connectivity index (χ2v) is 9.18.